The molecular formula is C17H22ClN5O. The number of fused-ring (bicyclic) bond motifs is 1. The van der Waals surface area contributed by atoms with Gasteiger partial charge in [-0.1, -0.05) is 17.9 Å². The van der Waals surface area contributed by atoms with E-state index in [1.807, 2.05) is 47.9 Å². The summed E-state index contributed by atoms with van der Waals surface area (Å²) in [4.78, 5) is 14.0. The Bertz CT molecular complexity index is 770. The van der Waals surface area contributed by atoms with Crippen LogP contribution in [0.1, 0.15) is 12.5 Å². The molecule has 0 spiro atoms. The van der Waals surface area contributed by atoms with E-state index in [9.17, 15) is 4.79 Å². The number of carbonyl (C=O) groups excluding carboxylic acids is 1. The molecule has 6 nitrogen and oxygen atoms in total. The first-order valence-corrected chi connectivity index (χ1v) is 7.83. The van der Waals surface area contributed by atoms with E-state index in [1.54, 1.807) is 0 Å². The third-order valence-electron chi connectivity index (χ3n) is 3.96. The zero-order chi connectivity index (χ0) is 16.2. The Kier molecular flexibility index (Phi) is 6.07. The summed E-state index contributed by atoms with van der Waals surface area (Å²) >= 11 is 0. The van der Waals surface area contributed by atoms with Crippen molar-refractivity contribution in [3.63, 3.8) is 0 Å². The van der Waals surface area contributed by atoms with Gasteiger partial charge in [0.1, 0.15) is 0 Å². The fourth-order valence-electron chi connectivity index (χ4n) is 2.65. The van der Waals surface area contributed by atoms with Crippen LogP contribution < -0.4 is 10.6 Å². The quantitative estimate of drug-likeness (QED) is 0.765. The molecule has 2 heterocycles. The highest BCUT2D eigenvalue weighted by atomic mass is 35.5. The van der Waals surface area contributed by atoms with Gasteiger partial charge < -0.3 is 15.5 Å². The molecule has 1 unspecified atom stereocenters. The second-order valence-corrected chi connectivity index (χ2v) is 5.68. The van der Waals surface area contributed by atoms with Crippen molar-refractivity contribution in [2.75, 3.05) is 26.2 Å². The van der Waals surface area contributed by atoms with Crippen molar-refractivity contribution in [3.05, 3.63) is 30.0 Å². The third kappa shape index (κ3) is 3.99. The number of halogens is 1. The molecule has 0 saturated carbocycles. The molecule has 7 heteroatoms. The molecule has 1 aromatic carbocycles. The molecule has 2 N–H and O–H groups in total. The molecule has 1 aromatic heterocycles. The van der Waals surface area contributed by atoms with Crippen LogP contribution in [0.25, 0.3) is 10.9 Å². The summed E-state index contributed by atoms with van der Waals surface area (Å²) in [5, 5.41) is 11.5. The molecule has 0 aliphatic carbocycles. The molecular weight excluding hydrogens is 326 g/mol. The molecule has 0 bridgehead atoms. The Morgan fingerprint density at radius 2 is 2.12 bits per heavy atom. The number of aromatic nitrogens is 2. The monoisotopic (exact) mass is 347 g/mol. The summed E-state index contributed by atoms with van der Waals surface area (Å²) in [6.07, 6.45) is 1.82. The van der Waals surface area contributed by atoms with Crippen molar-refractivity contribution in [2.24, 2.45) is 7.05 Å². The number of rotatable bonds is 1. The van der Waals surface area contributed by atoms with Crippen LogP contribution in [0.2, 0.25) is 0 Å². The first-order valence-electron chi connectivity index (χ1n) is 7.83. The highest BCUT2D eigenvalue weighted by Crippen LogP contribution is 2.16. The molecule has 24 heavy (non-hydrogen) atoms. The van der Waals surface area contributed by atoms with Gasteiger partial charge in [-0.3, -0.25) is 4.68 Å². The van der Waals surface area contributed by atoms with Gasteiger partial charge in [-0.15, -0.1) is 12.4 Å². The molecule has 1 fully saturated rings. The number of hydrogen-bond acceptors (Lipinski definition) is 3. The second kappa shape index (κ2) is 8.04. The number of urea groups is 1. The zero-order valence-electron chi connectivity index (χ0n) is 13.9. The molecule has 1 aliphatic rings. The van der Waals surface area contributed by atoms with Gasteiger partial charge in [0.05, 0.1) is 17.8 Å². The fraction of sp³-hybridized carbons (Fsp3) is 0.412. The summed E-state index contributed by atoms with van der Waals surface area (Å²) in [5.74, 6) is 6.27. The second-order valence-electron chi connectivity index (χ2n) is 5.68. The van der Waals surface area contributed by atoms with E-state index in [0.29, 0.717) is 0 Å². The number of aryl methyl sites for hydroxylation is 1. The first kappa shape index (κ1) is 18.1. The van der Waals surface area contributed by atoms with Gasteiger partial charge in [-0.2, -0.15) is 5.10 Å². The van der Waals surface area contributed by atoms with Gasteiger partial charge in [0, 0.05) is 44.2 Å². The Labute approximate surface area is 148 Å². The van der Waals surface area contributed by atoms with Gasteiger partial charge in [0.25, 0.3) is 0 Å². The van der Waals surface area contributed by atoms with Crippen LogP contribution in [0.3, 0.4) is 0 Å². The van der Waals surface area contributed by atoms with E-state index >= 15 is 0 Å². The number of nitrogens with zero attached hydrogens (tertiary/aromatic N) is 3. The Balaban J connectivity index is 0.00000208. The van der Waals surface area contributed by atoms with Crippen molar-refractivity contribution in [1.82, 2.24) is 25.3 Å². The predicted octanol–water partition coefficient (Wildman–Crippen LogP) is 1.35. The largest absolute Gasteiger partial charge is 0.325 e. The molecule has 0 radical (unpaired) electrons. The van der Waals surface area contributed by atoms with Gasteiger partial charge in [-0.25, -0.2) is 4.79 Å². The molecule has 1 atom stereocenters. The number of hydrogen-bond donors (Lipinski definition) is 2. The summed E-state index contributed by atoms with van der Waals surface area (Å²) in [6, 6.07) is 5.71. The normalized spacial score (nSPS) is 15.2. The average molecular weight is 348 g/mol. The van der Waals surface area contributed by atoms with Crippen molar-refractivity contribution in [2.45, 2.75) is 13.0 Å². The van der Waals surface area contributed by atoms with Crippen LogP contribution in [0.5, 0.6) is 0 Å². The number of carbonyl (C=O) groups is 1. The van der Waals surface area contributed by atoms with E-state index in [2.05, 4.69) is 27.6 Å². The molecule has 2 aromatic rings. The fourth-order valence-corrected chi connectivity index (χ4v) is 2.65. The lowest BCUT2D eigenvalue weighted by molar-refractivity contribution is 0.189. The summed E-state index contributed by atoms with van der Waals surface area (Å²) in [5.41, 5.74) is 1.98. The van der Waals surface area contributed by atoms with Crippen LogP contribution in [-0.4, -0.2) is 52.9 Å². The zero-order valence-corrected chi connectivity index (χ0v) is 14.7. The maximum Gasteiger partial charge on any atom is 0.318 e. The van der Waals surface area contributed by atoms with Gasteiger partial charge in [0.15, 0.2) is 0 Å². The maximum absolute atomic E-state index is 12.1. The summed E-state index contributed by atoms with van der Waals surface area (Å²) < 4.78 is 1.83. The van der Waals surface area contributed by atoms with Gasteiger partial charge in [-0.05, 0) is 19.1 Å². The number of nitrogens with one attached hydrogen (secondary N) is 2. The van der Waals surface area contributed by atoms with Crippen LogP contribution >= 0.6 is 12.4 Å². The minimum absolute atomic E-state index is 0. The molecule has 1 aliphatic heterocycles. The van der Waals surface area contributed by atoms with Crippen molar-refractivity contribution in [1.29, 1.82) is 0 Å². The smallest absolute Gasteiger partial charge is 0.318 e. The number of amides is 2. The minimum atomic E-state index is -0.204. The lowest BCUT2D eigenvalue weighted by Gasteiger charge is -2.28. The summed E-state index contributed by atoms with van der Waals surface area (Å²) in [7, 11) is 1.91. The number of piperazine rings is 1. The van der Waals surface area contributed by atoms with Crippen LogP contribution in [0.15, 0.2) is 24.4 Å². The van der Waals surface area contributed by atoms with E-state index < -0.39 is 0 Å². The lowest BCUT2D eigenvalue weighted by atomic mass is 10.1. The predicted molar refractivity (Wildman–Crippen MR) is 97.3 cm³/mol. The van der Waals surface area contributed by atoms with Crippen LogP contribution in [0.4, 0.5) is 4.79 Å². The van der Waals surface area contributed by atoms with Crippen molar-refractivity contribution in [3.8, 4) is 11.8 Å². The summed E-state index contributed by atoms with van der Waals surface area (Å²) in [6.45, 7) is 5.06. The Morgan fingerprint density at radius 3 is 2.88 bits per heavy atom. The topological polar surface area (TPSA) is 62.2 Å². The third-order valence-corrected chi connectivity index (χ3v) is 3.96. The SMILES string of the molecule is CC(C#Cc1cccc2c1cnn2C)NC(=O)N1CCNCC1.Cl. The van der Waals surface area contributed by atoms with Crippen LogP contribution in [-0.2, 0) is 7.05 Å². The van der Waals surface area contributed by atoms with E-state index in [0.717, 1.165) is 42.6 Å². The molecule has 128 valence electrons. The van der Waals surface area contributed by atoms with Gasteiger partial charge in [0.2, 0.25) is 0 Å². The lowest BCUT2D eigenvalue weighted by Crippen LogP contribution is -2.51. The molecule has 2 amide bonds. The highest BCUT2D eigenvalue weighted by Gasteiger charge is 2.16. The van der Waals surface area contributed by atoms with E-state index in [-0.39, 0.29) is 24.5 Å². The number of benzene rings is 1. The highest BCUT2D eigenvalue weighted by molar-refractivity contribution is 5.85. The average Bonchev–Trinajstić information content (AvgIpc) is 2.96. The first-order chi connectivity index (χ1) is 11.1. The Hall–Kier alpha value is -2.23. The minimum Gasteiger partial charge on any atom is -0.325 e. The Morgan fingerprint density at radius 1 is 1.38 bits per heavy atom. The van der Waals surface area contributed by atoms with Gasteiger partial charge >= 0.3 is 6.03 Å². The standard InChI is InChI=1S/C17H21N5O.ClH/c1-13(20-17(23)22-10-8-18-9-11-22)6-7-14-4-3-5-16-15(14)12-19-21(16)2;/h3-5,12-13,18H,8-11H2,1-2H3,(H,20,23);1H. The van der Waals surface area contributed by atoms with E-state index in [4.69, 9.17) is 0 Å². The maximum atomic E-state index is 12.1. The van der Waals surface area contributed by atoms with Crippen molar-refractivity contribution >= 4 is 29.3 Å². The molecule has 3 rings (SSSR count). The van der Waals surface area contributed by atoms with Crippen molar-refractivity contribution < 1.29 is 4.79 Å². The van der Waals surface area contributed by atoms with Crippen LogP contribution in [0, 0.1) is 11.8 Å². The van der Waals surface area contributed by atoms with E-state index in [1.165, 1.54) is 0 Å². The molecule has 1 saturated heterocycles.